The van der Waals surface area contributed by atoms with E-state index in [0.717, 1.165) is 5.75 Å². The average Bonchev–Trinajstić information content (AvgIpc) is 2.03. The predicted molar refractivity (Wildman–Crippen MR) is 55.5 cm³/mol. The molecule has 0 atom stereocenters. The zero-order valence-corrected chi connectivity index (χ0v) is 8.24. The largest absolute Gasteiger partial charge is 0.492 e. The van der Waals surface area contributed by atoms with Crippen molar-refractivity contribution in [3.63, 3.8) is 0 Å². The summed E-state index contributed by atoms with van der Waals surface area (Å²) in [5, 5.41) is 0. The fourth-order valence-corrected chi connectivity index (χ4v) is 0.693. The summed E-state index contributed by atoms with van der Waals surface area (Å²) in [6.07, 6.45) is 0. The molecule has 1 aromatic carbocycles. The Kier molecular flexibility index (Phi) is 10.2. The standard InChI is InChI=1S/C8H11NO.2ClH/c9-6-7-10-8-4-2-1-3-5-8;;/h1-5H,6-7,9H2;2*1H. The Bertz CT molecular complexity index is 182. The van der Waals surface area contributed by atoms with Crippen LogP contribution in [0.4, 0.5) is 0 Å². The summed E-state index contributed by atoms with van der Waals surface area (Å²) in [6.45, 7) is 1.15. The number of hydrogen-bond donors (Lipinski definition) is 1. The van der Waals surface area contributed by atoms with Gasteiger partial charge in [-0.15, -0.1) is 24.8 Å². The molecule has 2 N–H and O–H groups in total. The van der Waals surface area contributed by atoms with Gasteiger partial charge < -0.3 is 10.5 Å². The van der Waals surface area contributed by atoms with Gasteiger partial charge in [0, 0.05) is 6.54 Å². The first-order chi connectivity index (χ1) is 4.93. The van der Waals surface area contributed by atoms with Gasteiger partial charge in [0.25, 0.3) is 0 Å². The second-order valence-electron chi connectivity index (χ2n) is 1.95. The lowest BCUT2D eigenvalue weighted by Gasteiger charge is -2.01. The van der Waals surface area contributed by atoms with Crippen molar-refractivity contribution in [2.24, 2.45) is 5.73 Å². The Labute approximate surface area is 84.9 Å². The maximum atomic E-state index is 5.25. The minimum atomic E-state index is 0. The third-order valence-electron chi connectivity index (χ3n) is 1.13. The van der Waals surface area contributed by atoms with Gasteiger partial charge in [-0.3, -0.25) is 0 Å². The quantitative estimate of drug-likeness (QED) is 0.826. The highest BCUT2D eigenvalue weighted by molar-refractivity contribution is 5.85. The molecule has 0 bridgehead atoms. The fraction of sp³-hybridized carbons (Fsp3) is 0.250. The van der Waals surface area contributed by atoms with Crippen LogP contribution in [0.25, 0.3) is 0 Å². The van der Waals surface area contributed by atoms with Crippen LogP contribution in [0.3, 0.4) is 0 Å². The lowest BCUT2D eigenvalue weighted by atomic mass is 10.3. The van der Waals surface area contributed by atoms with E-state index in [4.69, 9.17) is 10.5 Å². The van der Waals surface area contributed by atoms with E-state index in [-0.39, 0.29) is 24.8 Å². The van der Waals surface area contributed by atoms with Crippen LogP contribution in [0.15, 0.2) is 30.3 Å². The summed E-state index contributed by atoms with van der Waals surface area (Å²) in [6, 6.07) is 9.65. The summed E-state index contributed by atoms with van der Waals surface area (Å²) in [4.78, 5) is 0. The normalized spacial score (nSPS) is 7.75. The zero-order valence-electron chi connectivity index (χ0n) is 6.60. The first kappa shape index (κ1) is 14.1. The second kappa shape index (κ2) is 8.65. The predicted octanol–water partition coefficient (Wildman–Crippen LogP) is 1.87. The molecule has 0 saturated carbocycles. The zero-order chi connectivity index (χ0) is 7.23. The molecular weight excluding hydrogens is 197 g/mol. The number of rotatable bonds is 3. The van der Waals surface area contributed by atoms with Gasteiger partial charge >= 0.3 is 0 Å². The minimum absolute atomic E-state index is 0. The molecule has 0 unspecified atom stereocenters. The molecule has 0 aliphatic heterocycles. The molecule has 0 amide bonds. The molecule has 0 fully saturated rings. The van der Waals surface area contributed by atoms with Crippen LogP contribution in [0, 0.1) is 0 Å². The Hall–Kier alpha value is -0.440. The van der Waals surface area contributed by atoms with E-state index in [1.165, 1.54) is 0 Å². The molecule has 12 heavy (non-hydrogen) atoms. The Morgan fingerprint density at radius 3 is 2.17 bits per heavy atom. The number of benzene rings is 1. The Balaban J connectivity index is 0. The highest BCUT2D eigenvalue weighted by Gasteiger charge is 1.86. The first-order valence-corrected chi connectivity index (χ1v) is 3.31. The van der Waals surface area contributed by atoms with Crippen LogP contribution >= 0.6 is 24.8 Å². The van der Waals surface area contributed by atoms with E-state index in [0.29, 0.717) is 13.2 Å². The van der Waals surface area contributed by atoms with E-state index in [2.05, 4.69) is 0 Å². The molecule has 2 nitrogen and oxygen atoms in total. The third-order valence-corrected chi connectivity index (χ3v) is 1.13. The maximum absolute atomic E-state index is 5.25. The van der Waals surface area contributed by atoms with Crippen LogP contribution in [0.5, 0.6) is 5.75 Å². The van der Waals surface area contributed by atoms with Crippen LogP contribution in [0.2, 0.25) is 0 Å². The monoisotopic (exact) mass is 209 g/mol. The number of para-hydroxylation sites is 1. The Morgan fingerprint density at radius 1 is 1.08 bits per heavy atom. The molecule has 0 saturated heterocycles. The molecule has 70 valence electrons. The maximum Gasteiger partial charge on any atom is 0.119 e. The van der Waals surface area contributed by atoms with Crippen LogP contribution < -0.4 is 10.5 Å². The second-order valence-corrected chi connectivity index (χ2v) is 1.95. The van der Waals surface area contributed by atoms with E-state index in [1.807, 2.05) is 30.3 Å². The van der Waals surface area contributed by atoms with Crippen molar-refractivity contribution in [2.45, 2.75) is 0 Å². The lowest BCUT2D eigenvalue weighted by molar-refractivity contribution is 0.328. The van der Waals surface area contributed by atoms with Crippen molar-refractivity contribution >= 4 is 24.8 Å². The third kappa shape index (κ3) is 5.24. The van der Waals surface area contributed by atoms with Gasteiger partial charge in [0.05, 0.1) is 0 Å². The first-order valence-electron chi connectivity index (χ1n) is 3.31. The van der Waals surface area contributed by atoms with Gasteiger partial charge in [-0.1, -0.05) is 18.2 Å². The summed E-state index contributed by atoms with van der Waals surface area (Å²) in [5.41, 5.74) is 5.25. The van der Waals surface area contributed by atoms with E-state index < -0.39 is 0 Å². The van der Waals surface area contributed by atoms with Crippen LogP contribution in [-0.2, 0) is 0 Å². The number of hydrogen-bond acceptors (Lipinski definition) is 2. The summed E-state index contributed by atoms with van der Waals surface area (Å²) in [7, 11) is 0. The summed E-state index contributed by atoms with van der Waals surface area (Å²) >= 11 is 0. The SMILES string of the molecule is Cl.Cl.NCCOc1ccccc1. The molecule has 0 heterocycles. The topological polar surface area (TPSA) is 35.2 Å². The minimum Gasteiger partial charge on any atom is -0.492 e. The van der Waals surface area contributed by atoms with Gasteiger partial charge in [-0.25, -0.2) is 0 Å². The van der Waals surface area contributed by atoms with Crippen molar-refractivity contribution in [1.29, 1.82) is 0 Å². The molecule has 0 aliphatic rings. The summed E-state index contributed by atoms with van der Waals surface area (Å²) < 4.78 is 5.23. The van der Waals surface area contributed by atoms with Gasteiger partial charge in [0.1, 0.15) is 12.4 Å². The lowest BCUT2D eigenvalue weighted by Crippen LogP contribution is -2.10. The van der Waals surface area contributed by atoms with Crippen molar-refractivity contribution < 1.29 is 4.74 Å². The molecule has 1 rings (SSSR count). The molecule has 0 aromatic heterocycles. The molecule has 1 aromatic rings. The molecule has 0 radical (unpaired) electrons. The molecule has 0 aliphatic carbocycles. The van der Waals surface area contributed by atoms with Crippen molar-refractivity contribution in [3.05, 3.63) is 30.3 Å². The van der Waals surface area contributed by atoms with Crippen LogP contribution in [-0.4, -0.2) is 13.2 Å². The Morgan fingerprint density at radius 2 is 1.67 bits per heavy atom. The molecular formula is C8H13Cl2NO. The smallest absolute Gasteiger partial charge is 0.119 e. The highest BCUT2D eigenvalue weighted by Crippen LogP contribution is 2.06. The van der Waals surface area contributed by atoms with Gasteiger partial charge in [-0.05, 0) is 12.1 Å². The molecule has 0 spiro atoms. The van der Waals surface area contributed by atoms with Crippen LogP contribution in [0.1, 0.15) is 0 Å². The van der Waals surface area contributed by atoms with Gasteiger partial charge in [0.2, 0.25) is 0 Å². The average molecular weight is 210 g/mol. The number of halogens is 2. The van der Waals surface area contributed by atoms with Crippen molar-refractivity contribution in [2.75, 3.05) is 13.2 Å². The highest BCUT2D eigenvalue weighted by atomic mass is 35.5. The fourth-order valence-electron chi connectivity index (χ4n) is 0.693. The summed E-state index contributed by atoms with van der Waals surface area (Å²) in [5.74, 6) is 0.882. The van der Waals surface area contributed by atoms with E-state index in [1.54, 1.807) is 0 Å². The van der Waals surface area contributed by atoms with Crippen molar-refractivity contribution in [3.8, 4) is 5.75 Å². The number of ether oxygens (including phenoxy) is 1. The number of nitrogens with two attached hydrogens (primary N) is 1. The van der Waals surface area contributed by atoms with Crippen molar-refractivity contribution in [1.82, 2.24) is 0 Å². The van der Waals surface area contributed by atoms with E-state index >= 15 is 0 Å². The van der Waals surface area contributed by atoms with Gasteiger partial charge in [-0.2, -0.15) is 0 Å². The molecule has 4 heteroatoms. The van der Waals surface area contributed by atoms with E-state index in [9.17, 15) is 0 Å². The van der Waals surface area contributed by atoms with Gasteiger partial charge in [0.15, 0.2) is 0 Å².